The molecule has 0 unspecified atom stereocenters. The summed E-state index contributed by atoms with van der Waals surface area (Å²) in [5.41, 5.74) is 2.73. The van der Waals surface area contributed by atoms with Crippen molar-refractivity contribution in [1.82, 2.24) is 9.66 Å². The molecule has 0 bridgehead atoms. The van der Waals surface area contributed by atoms with Crippen LogP contribution in [0.3, 0.4) is 0 Å². The van der Waals surface area contributed by atoms with Gasteiger partial charge in [0.05, 0.1) is 22.0 Å². The molecule has 9 nitrogen and oxygen atoms in total. The third kappa shape index (κ3) is 6.34. The van der Waals surface area contributed by atoms with Crippen LogP contribution in [0.25, 0.3) is 28.4 Å². The van der Waals surface area contributed by atoms with Crippen LogP contribution in [0.5, 0.6) is 5.75 Å². The van der Waals surface area contributed by atoms with Gasteiger partial charge in [0.2, 0.25) is 0 Å². The highest BCUT2D eigenvalue weighted by Gasteiger charge is 2.14. The van der Waals surface area contributed by atoms with Gasteiger partial charge in [-0.3, -0.25) is 14.9 Å². The molecule has 0 fully saturated rings. The predicted molar refractivity (Wildman–Crippen MR) is 161 cm³/mol. The van der Waals surface area contributed by atoms with Crippen LogP contribution in [-0.2, 0) is 4.79 Å². The van der Waals surface area contributed by atoms with E-state index in [1.807, 2.05) is 37.3 Å². The first-order valence-corrected chi connectivity index (χ1v) is 13.1. The zero-order chi connectivity index (χ0) is 28.9. The molecule has 5 aromatic rings. The molecule has 4 aromatic carbocycles. The lowest BCUT2D eigenvalue weighted by Gasteiger charge is -2.11. The topological polar surface area (TPSA) is 117 Å². The first kappa shape index (κ1) is 27.4. The van der Waals surface area contributed by atoms with Crippen LogP contribution in [0.4, 0.5) is 5.69 Å². The second kappa shape index (κ2) is 11.9. The van der Waals surface area contributed by atoms with Gasteiger partial charge < -0.3 is 4.74 Å². The molecule has 0 atom stereocenters. The average molecular weight is 609 g/mol. The lowest BCUT2D eigenvalue weighted by Crippen LogP contribution is -2.20. The van der Waals surface area contributed by atoms with Gasteiger partial charge in [-0.05, 0) is 55.0 Å². The van der Waals surface area contributed by atoms with E-state index in [9.17, 15) is 19.7 Å². The van der Waals surface area contributed by atoms with E-state index in [0.717, 1.165) is 11.1 Å². The van der Waals surface area contributed by atoms with E-state index in [4.69, 9.17) is 9.72 Å². The van der Waals surface area contributed by atoms with E-state index >= 15 is 0 Å². The van der Waals surface area contributed by atoms with Crippen molar-refractivity contribution in [2.24, 2.45) is 5.10 Å². The number of non-ortho nitro benzene ring substituents is 1. The number of hydrogen-bond acceptors (Lipinski definition) is 7. The number of fused-ring (bicyclic) bond motifs is 1. The molecule has 202 valence electrons. The summed E-state index contributed by atoms with van der Waals surface area (Å²) in [6, 6.07) is 25.5. The van der Waals surface area contributed by atoms with Crippen molar-refractivity contribution in [3.8, 4) is 17.1 Å². The van der Waals surface area contributed by atoms with Gasteiger partial charge in [-0.1, -0.05) is 64.0 Å². The standard InChI is InChI=1S/C31H21BrN4O5/c1-20-6-4-8-22(16-20)30-34-27-11-3-2-10-26(27)31(38)35(30)33-19-23-18-24(32)13-14-28(23)41-29(37)15-12-21-7-5-9-25(17-21)36(39)40/h2-19H,1H3/b15-12+,33-19?. The summed E-state index contributed by atoms with van der Waals surface area (Å²) < 4.78 is 7.48. The first-order valence-electron chi connectivity index (χ1n) is 12.4. The van der Waals surface area contributed by atoms with Crippen molar-refractivity contribution in [2.45, 2.75) is 6.92 Å². The van der Waals surface area contributed by atoms with Gasteiger partial charge in [0, 0.05) is 33.8 Å². The monoisotopic (exact) mass is 608 g/mol. The molecule has 0 N–H and O–H groups in total. The Morgan fingerprint density at radius 1 is 1.02 bits per heavy atom. The second-order valence-electron chi connectivity index (χ2n) is 8.97. The fourth-order valence-electron chi connectivity index (χ4n) is 4.08. The minimum Gasteiger partial charge on any atom is -0.423 e. The molecule has 0 saturated carbocycles. The number of benzene rings is 4. The smallest absolute Gasteiger partial charge is 0.336 e. The number of aryl methyl sites for hydroxylation is 1. The van der Waals surface area contributed by atoms with Gasteiger partial charge in [-0.15, -0.1) is 0 Å². The van der Waals surface area contributed by atoms with E-state index < -0.39 is 10.9 Å². The summed E-state index contributed by atoms with van der Waals surface area (Å²) in [7, 11) is 0. The third-order valence-corrected chi connectivity index (χ3v) is 6.51. The van der Waals surface area contributed by atoms with Crippen LogP contribution in [0.1, 0.15) is 16.7 Å². The minimum absolute atomic E-state index is 0.0876. The highest BCUT2D eigenvalue weighted by atomic mass is 79.9. The molecular weight excluding hydrogens is 588 g/mol. The minimum atomic E-state index is -0.696. The number of hydrogen-bond donors (Lipinski definition) is 0. The molecular formula is C31H21BrN4O5. The molecule has 0 aliphatic heterocycles. The number of carbonyl (C=O) groups is 1. The normalized spacial score (nSPS) is 11.4. The number of rotatable bonds is 7. The maximum atomic E-state index is 13.5. The molecule has 1 aromatic heterocycles. The Bertz CT molecular complexity index is 1930. The zero-order valence-corrected chi connectivity index (χ0v) is 23.2. The number of carbonyl (C=O) groups excluding carboxylic acids is 1. The zero-order valence-electron chi connectivity index (χ0n) is 21.6. The van der Waals surface area contributed by atoms with Crippen molar-refractivity contribution >= 4 is 50.8 Å². The number of nitro groups is 1. The third-order valence-electron chi connectivity index (χ3n) is 6.02. The van der Waals surface area contributed by atoms with Gasteiger partial charge in [-0.25, -0.2) is 9.78 Å². The molecule has 0 radical (unpaired) electrons. The number of esters is 1. The predicted octanol–water partition coefficient (Wildman–Crippen LogP) is 6.54. The molecule has 0 amide bonds. The van der Waals surface area contributed by atoms with Crippen LogP contribution in [0.2, 0.25) is 0 Å². The lowest BCUT2D eigenvalue weighted by molar-refractivity contribution is -0.384. The molecule has 0 aliphatic carbocycles. The highest BCUT2D eigenvalue weighted by molar-refractivity contribution is 9.10. The van der Waals surface area contributed by atoms with Crippen molar-refractivity contribution in [2.75, 3.05) is 0 Å². The molecule has 41 heavy (non-hydrogen) atoms. The molecule has 1 heterocycles. The summed E-state index contributed by atoms with van der Waals surface area (Å²) in [4.78, 5) is 41.4. The van der Waals surface area contributed by atoms with Gasteiger partial charge in [0.15, 0.2) is 5.82 Å². The number of ether oxygens (including phenoxy) is 1. The Balaban J connectivity index is 1.50. The molecule has 0 spiro atoms. The fourth-order valence-corrected chi connectivity index (χ4v) is 4.46. The number of aromatic nitrogens is 2. The maximum Gasteiger partial charge on any atom is 0.336 e. The quantitative estimate of drug-likeness (QED) is 0.0517. The SMILES string of the molecule is Cc1cccc(-c2nc3ccccc3c(=O)n2N=Cc2cc(Br)ccc2OC(=O)/C=C/c2cccc([N+](=O)[O-])c2)c1. The van der Waals surface area contributed by atoms with Crippen molar-refractivity contribution < 1.29 is 14.5 Å². The highest BCUT2D eigenvalue weighted by Crippen LogP contribution is 2.24. The number of nitro benzene ring substituents is 1. The van der Waals surface area contributed by atoms with Crippen molar-refractivity contribution in [3.05, 3.63) is 139 Å². The van der Waals surface area contributed by atoms with Crippen LogP contribution in [0.15, 0.2) is 111 Å². The van der Waals surface area contributed by atoms with E-state index in [-0.39, 0.29) is 17.0 Å². The summed E-state index contributed by atoms with van der Waals surface area (Å²) in [5, 5.41) is 15.9. The Morgan fingerprint density at radius 2 is 1.83 bits per heavy atom. The first-order chi connectivity index (χ1) is 19.8. The Kier molecular flexibility index (Phi) is 7.93. The second-order valence-corrected chi connectivity index (χ2v) is 9.89. The summed E-state index contributed by atoms with van der Waals surface area (Å²) in [5.74, 6) is -0.134. The number of para-hydroxylation sites is 1. The summed E-state index contributed by atoms with van der Waals surface area (Å²) >= 11 is 3.42. The summed E-state index contributed by atoms with van der Waals surface area (Å²) in [6.07, 6.45) is 4.03. The van der Waals surface area contributed by atoms with Crippen molar-refractivity contribution in [1.29, 1.82) is 0 Å². The number of halogens is 1. The van der Waals surface area contributed by atoms with E-state index in [0.29, 0.717) is 32.3 Å². The molecule has 0 saturated heterocycles. The Labute approximate surface area is 242 Å². The largest absolute Gasteiger partial charge is 0.423 e. The lowest BCUT2D eigenvalue weighted by atomic mass is 10.1. The van der Waals surface area contributed by atoms with Gasteiger partial charge in [0.1, 0.15) is 5.75 Å². The van der Waals surface area contributed by atoms with E-state index in [1.54, 1.807) is 42.5 Å². The Morgan fingerprint density at radius 3 is 2.63 bits per heavy atom. The van der Waals surface area contributed by atoms with E-state index in [1.165, 1.54) is 41.2 Å². The molecule has 0 aliphatic rings. The maximum absolute atomic E-state index is 13.5. The number of nitrogens with zero attached hydrogens (tertiary/aromatic N) is 4. The van der Waals surface area contributed by atoms with Crippen LogP contribution < -0.4 is 10.3 Å². The fraction of sp³-hybridized carbons (Fsp3) is 0.0323. The van der Waals surface area contributed by atoms with Gasteiger partial charge in [-0.2, -0.15) is 9.78 Å². The van der Waals surface area contributed by atoms with Crippen LogP contribution >= 0.6 is 15.9 Å². The molecule has 5 rings (SSSR count). The average Bonchev–Trinajstić information content (AvgIpc) is 2.97. The van der Waals surface area contributed by atoms with Crippen LogP contribution in [-0.4, -0.2) is 26.8 Å². The van der Waals surface area contributed by atoms with Crippen molar-refractivity contribution in [3.63, 3.8) is 0 Å². The Hall–Kier alpha value is -5.22. The van der Waals surface area contributed by atoms with E-state index in [2.05, 4.69) is 21.0 Å². The van der Waals surface area contributed by atoms with Gasteiger partial charge in [0.25, 0.3) is 11.2 Å². The molecule has 10 heteroatoms. The summed E-state index contributed by atoms with van der Waals surface area (Å²) in [6.45, 7) is 1.95. The van der Waals surface area contributed by atoms with Gasteiger partial charge >= 0.3 is 5.97 Å². The van der Waals surface area contributed by atoms with Crippen LogP contribution in [0, 0.1) is 17.0 Å².